The van der Waals surface area contributed by atoms with Crippen molar-refractivity contribution >= 4 is 5.69 Å². The van der Waals surface area contributed by atoms with Crippen molar-refractivity contribution in [2.75, 3.05) is 12.3 Å². The van der Waals surface area contributed by atoms with E-state index < -0.39 is 0 Å². The molecule has 0 radical (unpaired) electrons. The van der Waals surface area contributed by atoms with Gasteiger partial charge < -0.3 is 11.1 Å². The van der Waals surface area contributed by atoms with Crippen LogP contribution in [0.3, 0.4) is 0 Å². The van der Waals surface area contributed by atoms with Gasteiger partial charge in [0, 0.05) is 24.5 Å². The summed E-state index contributed by atoms with van der Waals surface area (Å²) < 4.78 is 0. The van der Waals surface area contributed by atoms with Gasteiger partial charge in [-0.25, -0.2) is 0 Å². The van der Waals surface area contributed by atoms with Gasteiger partial charge >= 0.3 is 0 Å². The molecule has 3 N–H and O–H groups in total. The molecule has 2 heterocycles. The van der Waals surface area contributed by atoms with Crippen LogP contribution in [0.5, 0.6) is 0 Å². The molecule has 19 heavy (non-hydrogen) atoms. The topological polar surface area (TPSA) is 74.7 Å². The number of pyridine rings is 1. The van der Waals surface area contributed by atoms with Crippen molar-refractivity contribution in [3.63, 3.8) is 0 Å². The molecular weight excluding hydrogens is 236 g/mol. The second kappa shape index (κ2) is 4.71. The molecule has 0 amide bonds. The Hall–Kier alpha value is -2.38. The second-order valence-electron chi connectivity index (χ2n) is 4.62. The van der Waals surface area contributed by atoms with Crippen LogP contribution in [0.1, 0.15) is 16.7 Å². The Morgan fingerprint density at radius 3 is 3.00 bits per heavy atom. The highest BCUT2D eigenvalue weighted by atomic mass is 14.9. The van der Waals surface area contributed by atoms with Crippen molar-refractivity contribution in [3.8, 4) is 17.2 Å². The molecule has 1 aliphatic rings. The number of anilines is 1. The number of hydrogen-bond donors (Lipinski definition) is 2. The van der Waals surface area contributed by atoms with Crippen molar-refractivity contribution in [2.24, 2.45) is 0 Å². The average Bonchev–Trinajstić information content (AvgIpc) is 2.49. The standard InChI is InChI=1S/C15H14N4/c16-7-11-6-13(10-2-1-4-18-8-10)12-3-5-19-9-14(12)15(11)17/h1-2,4,6,8,19H,3,5,9,17H2. The van der Waals surface area contributed by atoms with E-state index in [-0.39, 0.29) is 0 Å². The number of aromatic nitrogens is 1. The van der Waals surface area contributed by atoms with Gasteiger partial charge in [-0.2, -0.15) is 5.26 Å². The van der Waals surface area contributed by atoms with Crippen molar-refractivity contribution < 1.29 is 0 Å². The summed E-state index contributed by atoms with van der Waals surface area (Å²) in [5.74, 6) is 0. The SMILES string of the molecule is N#Cc1cc(-c2cccnc2)c2c(c1N)CNCC2. The Labute approximate surface area is 111 Å². The summed E-state index contributed by atoms with van der Waals surface area (Å²) in [6.07, 6.45) is 4.50. The predicted molar refractivity (Wildman–Crippen MR) is 74.2 cm³/mol. The van der Waals surface area contributed by atoms with Crippen LogP contribution in [0.15, 0.2) is 30.6 Å². The summed E-state index contributed by atoms with van der Waals surface area (Å²) >= 11 is 0. The number of benzene rings is 1. The summed E-state index contributed by atoms with van der Waals surface area (Å²) in [6, 6.07) is 7.99. The fraction of sp³-hybridized carbons (Fsp3) is 0.200. The average molecular weight is 250 g/mol. The predicted octanol–water partition coefficient (Wildman–Crippen LogP) is 1.85. The molecule has 0 saturated carbocycles. The molecular formula is C15H14N4. The highest BCUT2D eigenvalue weighted by molar-refractivity contribution is 5.77. The van der Waals surface area contributed by atoms with E-state index in [4.69, 9.17) is 5.73 Å². The summed E-state index contributed by atoms with van der Waals surface area (Å²) in [7, 11) is 0. The lowest BCUT2D eigenvalue weighted by Crippen LogP contribution is -2.25. The molecule has 0 unspecified atom stereocenters. The van der Waals surface area contributed by atoms with Gasteiger partial charge in [-0.05, 0) is 41.8 Å². The number of nitrogens with one attached hydrogen (secondary N) is 1. The van der Waals surface area contributed by atoms with Crippen molar-refractivity contribution in [1.29, 1.82) is 5.26 Å². The molecule has 94 valence electrons. The number of nitriles is 1. The first-order valence-corrected chi connectivity index (χ1v) is 6.26. The van der Waals surface area contributed by atoms with E-state index in [2.05, 4.69) is 16.4 Å². The van der Waals surface area contributed by atoms with E-state index >= 15 is 0 Å². The molecule has 1 aromatic heterocycles. The van der Waals surface area contributed by atoms with Gasteiger partial charge in [-0.1, -0.05) is 6.07 Å². The van der Waals surface area contributed by atoms with E-state index in [1.165, 1.54) is 5.56 Å². The van der Waals surface area contributed by atoms with Crippen molar-refractivity contribution in [3.05, 3.63) is 47.3 Å². The molecule has 0 aliphatic carbocycles. The molecule has 2 aromatic rings. The largest absolute Gasteiger partial charge is 0.397 e. The molecule has 0 spiro atoms. The molecule has 0 fully saturated rings. The Morgan fingerprint density at radius 1 is 1.37 bits per heavy atom. The Bertz CT molecular complexity index is 656. The molecule has 4 nitrogen and oxygen atoms in total. The lowest BCUT2D eigenvalue weighted by molar-refractivity contribution is 0.646. The lowest BCUT2D eigenvalue weighted by Gasteiger charge is -2.23. The third-order valence-electron chi connectivity index (χ3n) is 3.54. The Kier molecular flexibility index (Phi) is 2.90. The van der Waals surface area contributed by atoms with Crippen LogP contribution in [-0.2, 0) is 13.0 Å². The monoisotopic (exact) mass is 250 g/mol. The zero-order chi connectivity index (χ0) is 13.2. The third kappa shape index (κ3) is 1.94. The Balaban J connectivity index is 2.28. The quantitative estimate of drug-likeness (QED) is 0.757. The summed E-state index contributed by atoms with van der Waals surface area (Å²) in [5.41, 5.74) is 11.7. The van der Waals surface area contributed by atoms with E-state index in [1.54, 1.807) is 6.20 Å². The number of fused-ring (bicyclic) bond motifs is 1. The zero-order valence-corrected chi connectivity index (χ0v) is 10.5. The fourth-order valence-electron chi connectivity index (χ4n) is 2.58. The number of nitrogens with zero attached hydrogens (tertiary/aromatic N) is 2. The number of hydrogen-bond acceptors (Lipinski definition) is 4. The van der Waals surface area contributed by atoms with Crippen LogP contribution in [0, 0.1) is 11.3 Å². The summed E-state index contributed by atoms with van der Waals surface area (Å²) in [6.45, 7) is 1.66. The number of nitrogens with two attached hydrogens (primary N) is 1. The van der Waals surface area contributed by atoms with Crippen LogP contribution in [0.4, 0.5) is 5.69 Å². The van der Waals surface area contributed by atoms with E-state index in [0.29, 0.717) is 11.3 Å². The first-order chi connectivity index (χ1) is 9.31. The van der Waals surface area contributed by atoms with Gasteiger partial charge in [0.15, 0.2) is 0 Å². The van der Waals surface area contributed by atoms with Gasteiger partial charge in [0.25, 0.3) is 0 Å². The molecule has 1 aromatic carbocycles. The first-order valence-electron chi connectivity index (χ1n) is 6.26. The molecule has 0 atom stereocenters. The highest BCUT2D eigenvalue weighted by Gasteiger charge is 2.19. The normalized spacial score (nSPS) is 13.6. The van der Waals surface area contributed by atoms with Crippen molar-refractivity contribution in [2.45, 2.75) is 13.0 Å². The van der Waals surface area contributed by atoms with Crippen LogP contribution >= 0.6 is 0 Å². The molecule has 0 saturated heterocycles. The minimum absolute atomic E-state index is 0.543. The molecule has 4 heteroatoms. The van der Waals surface area contributed by atoms with Gasteiger partial charge in [0.05, 0.1) is 11.3 Å². The van der Waals surface area contributed by atoms with Crippen LogP contribution in [0.2, 0.25) is 0 Å². The summed E-state index contributed by atoms with van der Waals surface area (Å²) in [4.78, 5) is 4.16. The maximum absolute atomic E-state index is 9.23. The second-order valence-corrected chi connectivity index (χ2v) is 4.62. The highest BCUT2D eigenvalue weighted by Crippen LogP contribution is 2.33. The van der Waals surface area contributed by atoms with E-state index in [9.17, 15) is 5.26 Å². The molecule has 1 aliphatic heterocycles. The minimum atomic E-state index is 0.543. The zero-order valence-electron chi connectivity index (χ0n) is 10.5. The maximum Gasteiger partial charge on any atom is 0.101 e. The van der Waals surface area contributed by atoms with Gasteiger partial charge in [0.1, 0.15) is 6.07 Å². The van der Waals surface area contributed by atoms with Gasteiger partial charge in [-0.15, -0.1) is 0 Å². The summed E-state index contributed by atoms with van der Waals surface area (Å²) in [5, 5.41) is 12.5. The van der Waals surface area contributed by atoms with E-state index in [0.717, 1.165) is 36.2 Å². The minimum Gasteiger partial charge on any atom is -0.397 e. The molecule has 0 bridgehead atoms. The fourth-order valence-corrected chi connectivity index (χ4v) is 2.58. The smallest absolute Gasteiger partial charge is 0.101 e. The van der Waals surface area contributed by atoms with Gasteiger partial charge in [-0.3, -0.25) is 4.98 Å². The van der Waals surface area contributed by atoms with E-state index in [1.807, 2.05) is 24.4 Å². The van der Waals surface area contributed by atoms with Crippen LogP contribution < -0.4 is 11.1 Å². The maximum atomic E-state index is 9.23. The molecule has 3 rings (SSSR count). The van der Waals surface area contributed by atoms with Crippen LogP contribution in [0.25, 0.3) is 11.1 Å². The Morgan fingerprint density at radius 2 is 2.26 bits per heavy atom. The number of nitrogen functional groups attached to an aromatic ring is 1. The first kappa shape index (κ1) is 11.7. The van der Waals surface area contributed by atoms with Crippen LogP contribution in [-0.4, -0.2) is 11.5 Å². The number of rotatable bonds is 1. The van der Waals surface area contributed by atoms with Crippen molar-refractivity contribution in [1.82, 2.24) is 10.3 Å². The lowest BCUT2D eigenvalue weighted by atomic mass is 9.88. The third-order valence-corrected chi connectivity index (χ3v) is 3.54. The van der Waals surface area contributed by atoms with Gasteiger partial charge in [0.2, 0.25) is 0 Å².